The van der Waals surface area contributed by atoms with Gasteiger partial charge in [-0.3, -0.25) is 4.79 Å². The third kappa shape index (κ3) is 5.45. The van der Waals surface area contributed by atoms with Gasteiger partial charge < -0.3 is 14.4 Å². The SMILES string of the molecule is CCOc1ccc(/C=C(\C#N)C(=O)O[C@H](C(=O)N(C)C)c2ccccc2)cc1. The molecule has 0 unspecified atom stereocenters. The van der Waals surface area contributed by atoms with Crippen LogP contribution in [0.1, 0.15) is 24.2 Å². The van der Waals surface area contributed by atoms with Gasteiger partial charge in [0.15, 0.2) is 0 Å². The van der Waals surface area contributed by atoms with E-state index >= 15 is 0 Å². The largest absolute Gasteiger partial charge is 0.494 e. The fourth-order valence-corrected chi connectivity index (χ4v) is 2.42. The van der Waals surface area contributed by atoms with Crippen LogP contribution in [0.5, 0.6) is 5.75 Å². The predicted octanol–water partition coefficient (Wildman–Crippen LogP) is 3.36. The van der Waals surface area contributed by atoms with E-state index in [1.165, 1.54) is 11.0 Å². The number of carbonyl (C=O) groups excluding carboxylic acids is 2. The normalized spacial score (nSPS) is 11.9. The third-order valence-corrected chi connectivity index (χ3v) is 3.83. The zero-order valence-corrected chi connectivity index (χ0v) is 16.1. The van der Waals surface area contributed by atoms with Gasteiger partial charge in [0, 0.05) is 19.7 Å². The summed E-state index contributed by atoms with van der Waals surface area (Å²) in [5.41, 5.74) is 0.983. The molecule has 0 aromatic heterocycles. The van der Waals surface area contributed by atoms with E-state index < -0.39 is 18.0 Å². The number of nitriles is 1. The number of rotatable bonds is 7. The fraction of sp³-hybridized carbons (Fsp3) is 0.227. The Morgan fingerprint density at radius 3 is 2.29 bits per heavy atom. The number of benzene rings is 2. The van der Waals surface area contributed by atoms with Crippen molar-refractivity contribution < 1.29 is 19.1 Å². The number of hydrogen-bond donors (Lipinski definition) is 0. The maximum atomic E-state index is 12.6. The second-order valence-electron chi connectivity index (χ2n) is 6.10. The number of nitrogens with zero attached hydrogens (tertiary/aromatic N) is 2. The summed E-state index contributed by atoms with van der Waals surface area (Å²) >= 11 is 0. The lowest BCUT2D eigenvalue weighted by atomic mass is 10.1. The van der Waals surface area contributed by atoms with Crippen LogP contribution < -0.4 is 4.74 Å². The van der Waals surface area contributed by atoms with Crippen LogP contribution in [0.15, 0.2) is 60.2 Å². The average molecular weight is 378 g/mol. The van der Waals surface area contributed by atoms with Gasteiger partial charge in [0.25, 0.3) is 5.91 Å². The van der Waals surface area contributed by atoms with Crippen molar-refractivity contribution >= 4 is 18.0 Å². The van der Waals surface area contributed by atoms with Gasteiger partial charge in [-0.25, -0.2) is 4.79 Å². The highest BCUT2D eigenvalue weighted by Crippen LogP contribution is 2.22. The first-order valence-electron chi connectivity index (χ1n) is 8.78. The molecule has 0 N–H and O–H groups in total. The van der Waals surface area contributed by atoms with Gasteiger partial charge in [0.2, 0.25) is 6.10 Å². The molecule has 0 heterocycles. The molecule has 0 aliphatic carbocycles. The Kier molecular flexibility index (Phi) is 7.35. The zero-order chi connectivity index (χ0) is 20.5. The maximum absolute atomic E-state index is 12.6. The van der Waals surface area contributed by atoms with Gasteiger partial charge in [-0.15, -0.1) is 0 Å². The van der Waals surface area contributed by atoms with Gasteiger partial charge >= 0.3 is 5.97 Å². The molecule has 0 aliphatic rings. The number of hydrogen-bond acceptors (Lipinski definition) is 5. The molecule has 0 aliphatic heterocycles. The van der Waals surface area contributed by atoms with E-state index in [0.717, 1.165) is 0 Å². The van der Waals surface area contributed by atoms with Crippen LogP contribution in [0.4, 0.5) is 0 Å². The van der Waals surface area contributed by atoms with Crippen molar-refractivity contribution in [2.75, 3.05) is 20.7 Å². The minimum absolute atomic E-state index is 0.198. The summed E-state index contributed by atoms with van der Waals surface area (Å²) in [6.45, 7) is 2.43. The van der Waals surface area contributed by atoms with Gasteiger partial charge in [0.05, 0.1) is 6.61 Å². The number of ether oxygens (including phenoxy) is 2. The summed E-state index contributed by atoms with van der Waals surface area (Å²) < 4.78 is 10.8. The van der Waals surface area contributed by atoms with Crippen LogP contribution in [0, 0.1) is 11.3 Å². The molecule has 0 radical (unpaired) electrons. The minimum Gasteiger partial charge on any atom is -0.494 e. The van der Waals surface area contributed by atoms with E-state index in [1.807, 2.05) is 13.0 Å². The average Bonchev–Trinajstić information content (AvgIpc) is 2.71. The molecule has 0 fully saturated rings. The molecule has 0 saturated carbocycles. The molecule has 0 saturated heterocycles. The van der Waals surface area contributed by atoms with Crippen molar-refractivity contribution in [2.24, 2.45) is 0 Å². The highest BCUT2D eigenvalue weighted by atomic mass is 16.5. The molecule has 1 amide bonds. The lowest BCUT2D eigenvalue weighted by Crippen LogP contribution is -2.31. The summed E-state index contributed by atoms with van der Waals surface area (Å²) in [5.74, 6) is -0.556. The summed E-state index contributed by atoms with van der Waals surface area (Å²) in [5, 5.41) is 9.39. The van der Waals surface area contributed by atoms with Crippen molar-refractivity contribution in [2.45, 2.75) is 13.0 Å². The van der Waals surface area contributed by atoms with E-state index in [2.05, 4.69) is 0 Å². The topological polar surface area (TPSA) is 79.6 Å². The summed E-state index contributed by atoms with van der Waals surface area (Å²) in [7, 11) is 3.15. The highest BCUT2D eigenvalue weighted by Gasteiger charge is 2.27. The maximum Gasteiger partial charge on any atom is 0.350 e. The van der Waals surface area contributed by atoms with E-state index in [4.69, 9.17) is 9.47 Å². The Bertz CT molecular complexity index is 881. The lowest BCUT2D eigenvalue weighted by molar-refractivity contribution is -0.156. The summed E-state index contributed by atoms with van der Waals surface area (Å²) in [6, 6.07) is 17.5. The second-order valence-corrected chi connectivity index (χ2v) is 6.10. The monoisotopic (exact) mass is 378 g/mol. The molecule has 6 nitrogen and oxygen atoms in total. The molecular formula is C22H22N2O4. The van der Waals surface area contributed by atoms with Crippen LogP contribution >= 0.6 is 0 Å². The smallest absolute Gasteiger partial charge is 0.350 e. The van der Waals surface area contributed by atoms with Crippen LogP contribution in [0.3, 0.4) is 0 Å². The van der Waals surface area contributed by atoms with Crippen LogP contribution in [0.25, 0.3) is 6.08 Å². The van der Waals surface area contributed by atoms with Crippen molar-refractivity contribution in [3.05, 3.63) is 71.3 Å². The summed E-state index contributed by atoms with van der Waals surface area (Å²) in [6.07, 6.45) is 0.293. The Labute approximate surface area is 164 Å². The molecular weight excluding hydrogens is 356 g/mol. The van der Waals surface area contributed by atoms with E-state index in [0.29, 0.717) is 23.5 Å². The van der Waals surface area contributed by atoms with Crippen molar-refractivity contribution in [3.63, 3.8) is 0 Å². The Morgan fingerprint density at radius 1 is 1.11 bits per heavy atom. The number of esters is 1. The number of amides is 1. The minimum atomic E-state index is -1.12. The molecule has 2 rings (SSSR count). The van der Waals surface area contributed by atoms with Crippen LogP contribution in [0.2, 0.25) is 0 Å². The van der Waals surface area contributed by atoms with Crippen LogP contribution in [-0.4, -0.2) is 37.5 Å². The molecule has 28 heavy (non-hydrogen) atoms. The van der Waals surface area contributed by atoms with Gasteiger partial charge in [0.1, 0.15) is 17.4 Å². The van der Waals surface area contributed by atoms with Gasteiger partial charge in [-0.05, 0) is 30.7 Å². The van der Waals surface area contributed by atoms with Gasteiger partial charge in [-0.1, -0.05) is 42.5 Å². The van der Waals surface area contributed by atoms with Gasteiger partial charge in [-0.2, -0.15) is 5.26 Å². The van der Waals surface area contributed by atoms with Crippen molar-refractivity contribution in [3.8, 4) is 11.8 Å². The van der Waals surface area contributed by atoms with E-state index in [-0.39, 0.29) is 5.57 Å². The zero-order valence-electron chi connectivity index (χ0n) is 16.1. The summed E-state index contributed by atoms with van der Waals surface area (Å²) in [4.78, 5) is 26.4. The molecule has 6 heteroatoms. The molecule has 2 aromatic rings. The Balaban J connectivity index is 2.24. The standard InChI is InChI=1S/C22H22N2O4/c1-4-27-19-12-10-16(11-13-19)14-18(15-23)22(26)28-20(21(25)24(2)3)17-8-6-5-7-9-17/h5-14,20H,4H2,1-3H3/b18-14+/t20-/m0/s1. The quantitative estimate of drug-likeness (QED) is 0.419. The van der Waals surface area contributed by atoms with E-state index in [9.17, 15) is 14.9 Å². The first kappa shape index (κ1) is 20.7. The molecule has 0 bridgehead atoms. The molecule has 1 atom stereocenters. The first-order chi connectivity index (χ1) is 13.5. The second kappa shape index (κ2) is 9.93. The molecule has 144 valence electrons. The van der Waals surface area contributed by atoms with Crippen LogP contribution in [-0.2, 0) is 14.3 Å². The van der Waals surface area contributed by atoms with E-state index in [1.54, 1.807) is 68.7 Å². The number of likely N-dealkylation sites (N-methyl/N-ethyl adjacent to an activating group) is 1. The Hall–Kier alpha value is -3.59. The fourth-order valence-electron chi connectivity index (χ4n) is 2.42. The first-order valence-corrected chi connectivity index (χ1v) is 8.78. The predicted molar refractivity (Wildman–Crippen MR) is 105 cm³/mol. The number of carbonyl (C=O) groups is 2. The Morgan fingerprint density at radius 2 is 1.75 bits per heavy atom. The molecule has 0 spiro atoms. The third-order valence-electron chi connectivity index (χ3n) is 3.83. The molecule has 2 aromatic carbocycles. The lowest BCUT2D eigenvalue weighted by Gasteiger charge is -2.21. The van der Waals surface area contributed by atoms with Crippen molar-refractivity contribution in [1.82, 2.24) is 4.90 Å². The van der Waals surface area contributed by atoms with Crippen molar-refractivity contribution in [1.29, 1.82) is 5.26 Å². The highest BCUT2D eigenvalue weighted by molar-refractivity contribution is 5.99.